The highest BCUT2D eigenvalue weighted by Gasteiger charge is 2.22. The number of rotatable bonds is 13. The molecular weight excluding hydrogens is 658 g/mol. The first kappa shape index (κ1) is 37.2. The van der Waals surface area contributed by atoms with Crippen molar-refractivity contribution >= 4 is 35.5 Å². The smallest absolute Gasteiger partial charge is 0.303 e. The maximum absolute atomic E-state index is 12.5. The molecule has 0 unspecified atom stereocenters. The van der Waals surface area contributed by atoms with E-state index in [1.54, 1.807) is 14.2 Å². The van der Waals surface area contributed by atoms with Crippen LogP contribution < -0.4 is 5.32 Å². The fourth-order valence-corrected chi connectivity index (χ4v) is 6.19. The van der Waals surface area contributed by atoms with Crippen molar-refractivity contribution in [3.63, 3.8) is 0 Å². The van der Waals surface area contributed by atoms with E-state index < -0.39 is 5.97 Å². The number of aryl methyl sites for hydroxylation is 2. The number of amides is 1. The van der Waals surface area contributed by atoms with Crippen LogP contribution in [0.25, 0.3) is 12.2 Å². The predicted octanol–water partition coefficient (Wildman–Crippen LogP) is 7.21. The number of H-pyrrole nitrogens is 4. The van der Waals surface area contributed by atoms with Crippen molar-refractivity contribution in [1.82, 2.24) is 25.3 Å². The van der Waals surface area contributed by atoms with Gasteiger partial charge in [-0.15, -0.1) is 0 Å². The number of carboxylic acid groups (broad SMARTS) is 1. The van der Waals surface area contributed by atoms with Gasteiger partial charge in [0.05, 0.1) is 42.6 Å². The van der Waals surface area contributed by atoms with Crippen LogP contribution in [0.5, 0.6) is 0 Å². The third-order valence-corrected chi connectivity index (χ3v) is 9.01. The van der Waals surface area contributed by atoms with Gasteiger partial charge in [-0.1, -0.05) is 13.3 Å². The van der Waals surface area contributed by atoms with E-state index in [1.165, 1.54) is 0 Å². The van der Waals surface area contributed by atoms with E-state index in [-0.39, 0.29) is 12.3 Å². The van der Waals surface area contributed by atoms with Crippen LogP contribution in [0.1, 0.15) is 87.4 Å². The van der Waals surface area contributed by atoms with E-state index >= 15 is 0 Å². The Morgan fingerprint density at radius 3 is 1.85 bits per heavy atom. The average Bonchev–Trinajstić information content (AvgIpc) is 3.97. The molecule has 4 aromatic rings. The van der Waals surface area contributed by atoms with Crippen LogP contribution in [-0.2, 0) is 20.7 Å². The van der Waals surface area contributed by atoms with E-state index in [1.807, 2.05) is 88.7 Å². The van der Waals surface area contributed by atoms with Gasteiger partial charge in [0, 0.05) is 60.3 Å². The summed E-state index contributed by atoms with van der Waals surface area (Å²) in [5, 5.41) is 11.9. The normalized spacial score (nSPS) is 15.2. The van der Waals surface area contributed by atoms with Gasteiger partial charge in [0.2, 0.25) is 0 Å². The Morgan fingerprint density at radius 2 is 1.37 bits per heavy atom. The number of carbonyl (C=O) groups excluding carboxylic acids is 1. The molecule has 4 aromatic heterocycles. The minimum absolute atomic E-state index is 0.0381. The first-order valence-corrected chi connectivity index (χ1v) is 17.3. The van der Waals surface area contributed by atoms with Crippen LogP contribution in [-0.4, -0.2) is 69.1 Å². The van der Waals surface area contributed by atoms with Crippen molar-refractivity contribution in [1.29, 1.82) is 0 Å². The van der Waals surface area contributed by atoms with Crippen LogP contribution in [0, 0.1) is 27.7 Å². The lowest BCUT2D eigenvalue weighted by Gasteiger charge is -2.05. The molecule has 6 rings (SSSR count). The van der Waals surface area contributed by atoms with E-state index in [0.29, 0.717) is 30.0 Å². The molecule has 0 radical (unpaired) electrons. The second-order valence-electron chi connectivity index (χ2n) is 12.6. The minimum Gasteiger partial charge on any atom is -0.494 e. The third-order valence-electron chi connectivity index (χ3n) is 9.01. The quantitative estimate of drug-likeness (QED) is 0.0805. The van der Waals surface area contributed by atoms with Gasteiger partial charge in [-0.2, -0.15) is 0 Å². The molecule has 0 fully saturated rings. The van der Waals surface area contributed by atoms with Crippen molar-refractivity contribution < 1.29 is 24.2 Å². The molecule has 2 aliphatic heterocycles. The monoisotopic (exact) mass is 705 g/mol. The molecule has 2 aliphatic rings. The average molecular weight is 706 g/mol. The van der Waals surface area contributed by atoms with Crippen molar-refractivity contribution in [2.45, 2.75) is 60.3 Å². The number of aliphatic carboxylic acids is 1. The summed E-state index contributed by atoms with van der Waals surface area (Å²) < 4.78 is 10.9. The molecule has 6 heterocycles. The number of hydrogen-bond acceptors (Lipinski definition) is 6. The first-order valence-electron chi connectivity index (χ1n) is 17.3. The largest absolute Gasteiger partial charge is 0.494 e. The number of carbonyl (C=O) groups is 2. The lowest BCUT2D eigenvalue weighted by Crippen LogP contribution is -2.25. The SMILES string of the molecule is CCCCNC(=O)c1c(C)[nH]c(/C=C2\N=C(c3ccc[nH]3)C=C2OC)c1C.COC1=CC(c2ccc[nH]2)=N/C1=C\c1[nH]c(C)c(CCC(=O)O)c1C. The number of hydrogen-bond donors (Lipinski definition) is 6. The lowest BCUT2D eigenvalue weighted by atomic mass is 10.0. The number of nitrogens with zero attached hydrogens (tertiary/aromatic N) is 2. The molecule has 0 spiro atoms. The Labute approximate surface area is 303 Å². The number of aliphatic imine (C=N–C) groups is 2. The molecule has 0 saturated carbocycles. The molecule has 12 heteroatoms. The van der Waals surface area contributed by atoms with Crippen LogP contribution in [0.4, 0.5) is 0 Å². The Morgan fingerprint density at radius 1 is 0.827 bits per heavy atom. The Balaban J connectivity index is 0.000000202. The summed E-state index contributed by atoms with van der Waals surface area (Å²) in [5.74, 6) is 0.563. The molecule has 0 aromatic carbocycles. The maximum Gasteiger partial charge on any atom is 0.303 e. The molecular formula is C40H47N7O5. The van der Waals surface area contributed by atoms with Gasteiger partial charge >= 0.3 is 5.97 Å². The fourth-order valence-electron chi connectivity index (χ4n) is 6.19. The van der Waals surface area contributed by atoms with Crippen molar-refractivity contribution in [3.8, 4) is 0 Å². The number of nitrogens with one attached hydrogen (secondary N) is 5. The summed E-state index contributed by atoms with van der Waals surface area (Å²) in [7, 11) is 3.25. The first-order chi connectivity index (χ1) is 25.0. The third kappa shape index (κ3) is 8.45. The second kappa shape index (κ2) is 16.8. The van der Waals surface area contributed by atoms with E-state index in [9.17, 15) is 9.59 Å². The number of aromatic amines is 4. The van der Waals surface area contributed by atoms with Gasteiger partial charge in [-0.05, 0) is 93.6 Å². The van der Waals surface area contributed by atoms with Gasteiger partial charge in [0.15, 0.2) is 0 Å². The molecule has 0 bridgehead atoms. The highest BCUT2D eigenvalue weighted by Crippen LogP contribution is 2.29. The summed E-state index contributed by atoms with van der Waals surface area (Å²) in [4.78, 5) is 45.6. The maximum atomic E-state index is 12.5. The number of ether oxygens (including phenoxy) is 2. The summed E-state index contributed by atoms with van der Waals surface area (Å²) in [6.07, 6.45) is 14.0. The van der Waals surface area contributed by atoms with E-state index in [0.717, 1.165) is 86.5 Å². The molecule has 0 atom stereocenters. The molecule has 12 nitrogen and oxygen atoms in total. The van der Waals surface area contributed by atoms with Crippen LogP contribution in [0.2, 0.25) is 0 Å². The van der Waals surface area contributed by atoms with Gasteiger partial charge < -0.3 is 39.8 Å². The number of allylic oxidation sites excluding steroid dienone is 2. The number of methoxy groups -OCH3 is 2. The highest BCUT2D eigenvalue weighted by atomic mass is 16.5. The van der Waals surface area contributed by atoms with Gasteiger partial charge in [0.25, 0.3) is 5.91 Å². The molecule has 0 aliphatic carbocycles. The Hall–Kier alpha value is -6.04. The summed E-state index contributed by atoms with van der Waals surface area (Å²) in [6.45, 7) is 10.6. The van der Waals surface area contributed by atoms with Gasteiger partial charge in [-0.3, -0.25) is 9.59 Å². The van der Waals surface area contributed by atoms with Crippen molar-refractivity contribution in [2.75, 3.05) is 20.8 Å². The second-order valence-corrected chi connectivity index (χ2v) is 12.6. The molecule has 0 saturated heterocycles. The minimum atomic E-state index is -0.791. The summed E-state index contributed by atoms with van der Waals surface area (Å²) in [5.41, 5.74) is 12.3. The number of aromatic nitrogens is 4. The van der Waals surface area contributed by atoms with Gasteiger partial charge in [-0.25, -0.2) is 9.98 Å². The van der Waals surface area contributed by atoms with E-state index in [2.05, 4.69) is 42.2 Å². The van der Waals surface area contributed by atoms with Crippen LogP contribution >= 0.6 is 0 Å². The predicted molar refractivity (Wildman–Crippen MR) is 205 cm³/mol. The number of carboxylic acids is 1. The molecule has 6 N–H and O–H groups in total. The molecule has 52 heavy (non-hydrogen) atoms. The van der Waals surface area contributed by atoms with Crippen LogP contribution in [0.15, 0.2) is 81.7 Å². The van der Waals surface area contributed by atoms with Crippen molar-refractivity contribution in [3.05, 3.63) is 128 Å². The van der Waals surface area contributed by atoms with Crippen LogP contribution in [0.3, 0.4) is 0 Å². The van der Waals surface area contributed by atoms with E-state index in [4.69, 9.17) is 14.6 Å². The Kier molecular flexibility index (Phi) is 12.0. The zero-order valence-corrected chi connectivity index (χ0v) is 30.8. The fraction of sp³-hybridized carbons (Fsp3) is 0.300. The summed E-state index contributed by atoms with van der Waals surface area (Å²) in [6, 6.07) is 7.78. The molecule has 272 valence electrons. The Bertz CT molecular complexity index is 2100. The standard InChI is InChI=1S/C21H26N4O2.C19H21N3O3/c1-5-6-9-23-21(26)20-13(2)16(24-14(20)3)11-18-19(27-4)12-17(25-18)15-8-7-10-22-15;1-11-13(6-7-19(23)24)12(2)21-15(11)9-17-18(25-3)10-16(22-17)14-5-4-8-20-14/h7-8,10-12,22,24H,5-6,9H2,1-4H3,(H,23,26);4-5,8-10,20-21H,6-7H2,1-3H3,(H,23,24)/b18-11-;17-9-. The zero-order valence-electron chi connectivity index (χ0n) is 30.8. The molecule has 1 amide bonds. The zero-order chi connectivity index (χ0) is 37.4. The van der Waals surface area contributed by atoms with Crippen molar-refractivity contribution in [2.24, 2.45) is 9.98 Å². The summed E-state index contributed by atoms with van der Waals surface area (Å²) >= 11 is 0. The topological polar surface area (TPSA) is 173 Å². The highest BCUT2D eigenvalue weighted by molar-refractivity contribution is 6.11. The lowest BCUT2D eigenvalue weighted by molar-refractivity contribution is -0.136. The number of unbranched alkanes of at least 4 members (excludes halogenated alkanes) is 1. The van der Waals surface area contributed by atoms with Gasteiger partial charge in [0.1, 0.15) is 22.9 Å².